The van der Waals surface area contributed by atoms with E-state index in [1.54, 1.807) is 17.0 Å². The molecule has 2 aromatic rings. The fourth-order valence-electron chi connectivity index (χ4n) is 3.25. The lowest BCUT2D eigenvalue weighted by atomic mass is 10.2. The number of rotatable bonds is 7. The number of carbonyl (C=O) groups is 2. The van der Waals surface area contributed by atoms with Crippen molar-refractivity contribution in [1.29, 1.82) is 0 Å². The van der Waals surface area contributed by atoms with Gasteiger partial charge in [0.25, 0.3) is 0 Å². The Balaban J connectivity index is 1.51. The second-order valence-corrected chi connectivity index (χ2v) is 6.82. The molecule has 152 valence electrons. The number of furan rings is 1. The van der Waals surface area contributed by atoms with E-state index < -0.39 is 11.8 Å². The topological polar surface area (TPSA) is 102 Å². The van der Waals surface area contributed by atoms with Crippen LogP contribution in [0.3, 0.4) is 0 Å². The minimum absolute atomic E-state index is 0.200. The molecule has 9 heteroatoms. The third kappa shape index (κ3) is 5.20. The number of hydrogen-bond donors (Lipinski definition) is 2. The van der Waals surface area contributed by atoms with E-state index in [1.807, 2.05) is 26.0 Å². The highest BCUT2D eigenvalue weighted by Gasteiger charge is 2.22. The van der Waals surface area contributed by atoms with Crippen molar-refractivity contribution in [3.05, 3.63) is 41.6 Å². The molecule has 0 spiro atoms. The number of hydrogen-bond acceptors (Lipinski definition) is 6. The molecule has 2 amide bonds. The summed E-state index contributed by atoms with van der Waals surface area (Å²) in [6.07, 6.45) is 1.58. The van der Waals surface area contributed by atoms with E-state index in [0.29, 0.717) is 32.1 Å². The minimum atomic E-state index is -0.667. The third-order valence-electron chi connectivity index (χ3n) is 4.69. The first-order chi connectivity index (χ1) is 13.5. The molecule has 2 N–H and O–H groups in total. The van der Waals surface area contributed by atoms with Crippen LogP contribution < -0.4 is 10.6 Å². The Morgan fingerprint density at radius 3 is 2.61 bits per heavy atom. The molecule has 0 bridgehead atoms. The van der Waals surface area contributed by atoms with E-state index in [-0.39, 0.29) is 12.6 Å². The SMILES string of the molecule is Cc1cc(C)n(C(CNC(=O)C(=O)NCCN2CCOCC2)c2ccco2)n1. The standard InChI is InChI=1S/C19H27N5O4/c1-14-12-15(2)24(22-14)16(17-4-3-9-28-17)13-21-19(26)18(25)20-5-6-23-7-10-27-11-8-23/h3-4,9,12,16H,5-8,10-11,13H2,1-2H3,(H,20,25)(H,21,26). The Morgan fingerprint density at radius 2 is 1.96 bits per heavy atom. The summed E-state index contributed by atoms with van der Waals surface area (Å²) in [5.41, 5.74) is 1.82. The summed E-state index contributed by atoms with van der Waals surface area (Å²) in [5.74, 6) is -0.640. The first-order valence-corrected chi connectivity index (χ1v) is 9.47. The van der Waals surface area contributed by atoms with Crippen molar-refractivity contribution in [3.8, 4) is 0 Å². The maximum atomic E-state index is 12.2. The van der Waals surface area contributed by atoms with Crippen LogP contribution in [0.2, 0.25) is 0 Å². The number of aromatic nitrogens is 2. The van der Waals surface area contributed by atoms with Crippen LogP contribution in [0.4, 0.5) is 0 Å². The van der Waals surface area contributed by atoms with Gasteiger partial charge < -0.3 is 19.8 Å². The van der Waals surface area contributed by atoms with Gasteiger partial charge in [-0.1, -0.05) is 0 Å². The van der Waals surface area contributed by atoms with E-state index in [4.69, 9.17) is 9.15 Å². The molecule has 1 unspecified atom stereocenters. The molecule has 1 saturated heterocycles. The number of morpholine rings is 1. The summed E-state index contributed by atoms with van der Waals surface area (Å²) >= 11 is 0. The summed E-state index contributed by atoms with van der Waals surface area (Å²) in [7, 11) is 0. The predicted molar refractivity (Wildman–Crippen MR) is 102 cm³/mol. The van der Waals surface area contributed by atoms with E-state index in [2.05, 4.69) is 20.6 Å². The van der Waals surface area contributed by atoms with Crippen molar-refractivity contribution in [1.82, 2.24) is 25.3 Å². The summed E-state index contributed by atoms with van der Waals surface area (Å²) < 4.78 is 12.6. The fourth-order valence-corrected chi connectivity index (χ4v) is 3.25. The first kappa shape index (κ1) is 20.1. The highest BCUT2D eigenvalue weighted by molar-refractivity contribution is 6.35. The van der Waals surface area contributed by atoms with Crippen LogP contribution in [0.1, 0.15) is 23.2 Å². The Kier molecular flexibility index (Phi) is 6.83. The molecule has 1 atom stereocenters. The van der Waals surface area contributed by atoms with Crippen LogP contribution in [-0.4, -0.2) is 72.4 Å². The number of nitrogens with zero attached hydrogens (tertiary/aromatic N) is 3. The lowest BCUT2D eigenvalue weighted by molar-refractivity contribution is -0.139. The van der Waals surface area contributed by atoms with Gasteiger partial charge in [-0.25, -0.2) is 0 Å². The molecule has 0 saturated carbocycles. The Labute approximate surface area is 164 Å². The number of amides is 2. The van der Waals surface area contributed by atoms with Gasteiger partial charge in [0, 0.05) is 38.4 Å². The Bertz CT molecular complexity index is 780. The van der Waals surface area contributed by atoms with Gasteiger partial charge in [0.05, 0.1) is 25.2 Å². The van der Waals surface area contributed by atoms with Gasteiger partial charge in [-0.3, -0.25) is 19.2 Å². The largest absolute Gasteiger partial charge is 0.467 e. The predicted octanol–water partition coefficient (Wildman–Crippen LogP) is 0.247. The zero-order valence-corrected chi connectivity index (χ0v) is 16.3. The number of nitrogens with one attached hydrogen (secondary N) is 2. The lowest BCUT2D eigenvalue weighted by Gasteiger charge is -2.26. The molecule has 1 fully saturated rings. The van der Waals surface area contributed by atoms with Crippen molar-refractivity contribution >= 4 is 11.8 Å². The average Bonchev–Trinajstić information content (AvgIpc) is 3.33. The van der Waals surface area contributed by atoms with Crippen LogP contribution in [0.25, 0.3) is 0 Å². The van der Waals surface area contributed by atoms with Gasteiger partial charge in [-0.2, -0.15) is 5.10 Å². The van der Waals surface area contributed by atoms with Crippen molar-refractivity contribution in [2.45, 2.75) is 19.9 Å². The zero-order valence-electron chi connectivity index (χ0n) is 16.3. The maximum absolute atomic E-state index is 12.2. The number of carbonyl (C=O) groups excluding carboxylic acids is 2. The summed E-state index contributed by atoms with van der Waals surface area (Å²) in [6, 6.07) is 5.24. The third-order valence-corrected chi connectivity index (χ3v) is 4.69. The Hall–Kier alpha value is -2.65. The lowest BCUT2D eigenvalue weighted by Crippen LogP contribution is -2.46. The molecule has 1 aliphatic rings. The minimum Gasteiger partial charge on any atom is -0.467 e. The molecule has 9 nitrogen and oxygen atoms in total. The van der Waals surface area contributed by atoms with Crippen molar-refractivity contribution in [2.75, 3.05) is 45.9 Å². The normalized spacial score (nSPS) is 15.9. The van der Waals surface area contributed by atoms with Crippen molar-refractivity contribution in [3.63, 3.8) is 0 Å². The van der Waals surface area contributed by atoms with Crippen LogP contribution in [0.5, 0.6) is 0 Å². The molecule has 0 radical (unpaired) electrons. The van der Waals surface area contributed by atoms with Gasteiger partial charge >= 0.3 is 11.8 Å². The number of ether oxygens (including phenoxy) is 1. The fraction of sp³-hybridized carbons (Fsp3) is 0.526. The second-order valence-electron chi connectivity index (χ2n) is 6.82. The van der Waals surface area contributed by atoms with E-state index in [1.165, 1.54) is 0 Å². The van der Waals surface area contributed by atoms with Gasteiger partial charge in [0.2, 0.25) is 0 Å². The molecule has 3 rings (SSSR count). The maximum Gasteiger partial charge on any atom is 0.309 e. The van der Waals surface area contributed by atoms with Gasteiger partial charge in [-0.05, 0) is 32.0 Å². The first-order valence-electron chi connectivity index (χ1n) is 9.47. The van der Waals surface area contributed by atoms with Crippen molar-refractivity contribution in [2.24, 2.45) is 0 Å². The van der Waals surface area contributed by atoms with E-state index in [0.717, 1.165) is 24.5 Å². The molecule has 2 aromatic heterocycles. The van der Waals surface area contributed by atoms with Crippen LogP contribution in [0, 0.1) is 13.8 Å². The molecule has 28 heavy (non-hydrogen) atoms. The molecular formula is C19H27N5O4. The van der Waals surface area contributed by atoms with Crippen LogP contribution in [0.15, 0.2) is 28.9 Å². The van der Waals surface area contributed by atoms with Gasteiger partial charge in [0.15, 0.2) is 0 Å². The quantitative estimate of drug-likeness (QED) is 0.658. The second kappa shape index (κ2) is 9.52. The summed E-state index contributed by atoms with van der Waals surface area (Å²) in [5, 5.41) is 9.83. The highest BCUT2D eigenvalue weighted by atomic mass is 16.5. The van der Waals surface area contributed by atoms with Crippen molar-refractivity contribution < 1.29 is 18.7 Å². The van der Waals surface area contributed by atoms with Crippen LogP contribution >= 0.6 is 0 Å². The average molecular weight is 389 g/mol. The molecule has 0 aliphatic carbocycles. The van der Waals surface area contributed by atoms with E-state index in [9.17, 15) is 9.59 Å². The monoisotopic (exact) mass is 389 g/mol. The zero-order chi connectivity index (χ0) is 19.9. The van der Waals surface area contributed by atoms with E-state index >= 15 is 0 Å². The molecule has 1 aliphatic heterocycles. The molecular weight excluding hydrogens is 362 g/mol. The molecule has 0 aromatic carbocycles. The molecule has 3 heterocycles. The summed E-state index contributed by atoms with van der Waals surface area (Å²) in [4.78, 5) is 26.5. The van der Waals surface area contributed by atoms with Crippen LogP contribution in [-0.2, 0) is 14.3 Å². The van der Waals surface area contributed by atoms with Gasteiger partial charge in [-0.15, -0.1) is 0 Å². The van der Waals surface area contributed by atoms with Gasteiger partial charge in [0.1, 0.15) is 11.8 Å². The Morgan fingerprint density at radius 1 is 1.21 bits per heavy atom. The highest BCUT2D eigenvalue weighted by Crippen LogP contribution is 2.20. The number of aryl methyl sites for hydroxylation is 2. The smallest absolute Gasteiger partial charge is 0.309 e. The summed E-state index contributed by atoms with van der Waals surface area (Å²) in [6.45, 7) is 8.26.